The number of rotatable bonds is 2. The maximum absolute atomic E-state index is 13.1. The zero-order valence-electron chi connectivity index (χ0n) is 6.54. The fraction of sp³-hybridized carbons (Fsp3) is 0.250. The van der Waals surface area contributed by atoms with E-state index in [2.05, 4.69) is 9.72 Å². The van der Waals surface area contributed by atoms with Crippen molar-refractivity contribution in [1.82, 2.24) is 4.98 Å². The lowest BCUT2D eigenvalue weighted by Gasteiger charge is -2.02. The van der Waals surface area contributed by atoms with Crippen LogP contribution in [0.4, 0.5) is 4.39 Å². The summed E-state index contributed by atoms with van der Waals surface area (Å²) in [6.45, 7) is 0. The molecular formula is C8H7FN2O. The molecule has 12 heavy (non-hydrogen) atoms. The van der Waals surface area contributed by atoms with Crippen LogP contribution >= 0.6 is 0 Å². The molecule has 0 aliphatic heterocycles. The van der Waals surface area contributed by atoms with Gasteiger partial charge in [-0.05, 0) is 0 Å². The molecule has 0 spiro atoms. The Balaban J connectivity index is 3.07. The highest BCUT2D eigenvalue weighted by atomic mass is 19.1. The summed E-state index contributed by atoms with van der Waals surface area (Å²) in [5, 5.41) is 8.32. The molecule has 1 rings (SSSR count). The molecule has 4 heteroatoms. The Kier molecular flexibility index (Phi) is 2.59. The second kappa shape index (κ2) is 3.67. The van der Waals surface area contributed by atoms with Crippen LogP contribution in [0.5, 0.6) is 5.75 Å². The number of hydrogen-bond acceptors (Lipinski definition) is 3. The number of nitriles is 1. The number of hydrogen-bond donors (Lipinski definition) is 0. The van der Waals surface area contributed by atoms with E-state index < -0.39 is 5.82 Å². The fourth-order valence-corrected chi connectivity index (χ4v) is 0.817. The van der Waals surface area contributed by atoms with Crippen LogP contribution in [0.3, 0.4) is 0 Å². The number of nitrogens with zero attached hydrogens (tertiary/aromatic N) is 2. The van der Waals surface area contributed by atoms with Crippen LogP contribution in [0.25, 0.3) is 0 Å². The number of methoxy groups -OCH3 is 1. The molecule has 3 nitrogen and oxygen atoms in total. The summed E-state index contributed by atoms with van der Waals surface area (Å²) in [5.74, 6) is -0.434. The molecule has 62 valence electrons. The molecule has 0 unspecified atom stereocenters. The van der Waals surface area contributed by atoms with Gasteiger partial charge in [-0.2, -0.15) is 5.26 Å². The average molecular weight is 166 g/mol. The van der Waals surface area contributed by atoms with Crippen LogP contribution in [0, 0.1) is 17.1 Å². The normalized spacial score (nSPS) is 9.08. The summed E-state index contributed by atoms with van der Waals surface area (Å²) in [6.07, 6.45) is 2.60. The van der Waals surface area contributed by atoms with E-state index in [-0.39, 0.29) is 17.7 Å². The summed E-state index contributed by atoms with van der Waals surface area (Å²) in [6, 6.07) is 1.84. The van der Waals surface area contributed by atoms with Crippen LogP contribution in [-0.4, -0.2) is 12.1 Å². The summed E-state index contributed by atoms with van der Waals surface area (Å²) in [7, 11) is 1.36. The van der Waals surface area contributed by atoms with Crippen LogP contribution in [0.15, 0.2) is 12.4 Å². The summed E-state index contributed by atoms with van der Waals surface area (Å²) < 4.78 is 17.8. The molecule has 0 saturated carbocycles. The van der Waals surface area contributed by atoms with E-state index in [9.17, 15) is 4.39 Å². The molecule has 0 saturated heterocycles. The predicted molar refractivity (Wildman–Crippen MR) is 40.1 cm³/mol. The number of pyridine rings is 1. The molecule has 0 aromatic carbocycles. The summed E-state index contributed by atoms with van der Waals surface area (Å²) in [4.78, 5) is 3.72. The minimum absolute atomic E-state index is 0.00995. The Morgan fingerprint density at radius 1 is 1.67 bits per heavy atom. The molecule has 1 aromatic heterocycles. The SMILES string of the molecule is COc1cncc(CC#N)c1F. The van der Waals surface area contributed by atoms with Crippen molar-refractivity contribution in [3.8, 4) is 11.8 Å². The Morgan fingerprint density at radius 2 is 2.42 bits per heavy atom. The minimum atomic E-state index is -0.506. The van der Waals surface area contributed by atoms with Crippen molar-refractivity contribution in [1.29, 1.82) is 5.26 Å². The van der Waals surface area contributed by atoms with Gasteiger partial charge in [-0.1, -0.05) is 0 Å². The Bertz CT molecular complexity index is 319. The molecule has 0 atom stereocenters. The highest BCUT2D eigenvalue weighted by Gasteiger charge is 2.07. The Hall–Kier alpha value is -1.63. The van der Waals surface area contributed by atoms with Crippen LogP contribution in [-0.2, 0) is 6.42 Å². The van der Waals surface area contributed by atoms with Crippen molar-refractivity contribution in [2.75, 3.05) is 7.11 Å². The van der Waals surface area contributed by atoms with Gasteiger partial charge in [0.15, 0.2) is 11.6 Å². The smallest absolute Gasteiger partial charge is 0.173 e. The van der Waals surface area contributed by atoms with E-state index in [1.54, 1.807) is 0 Å². The molecule has 0 N–H and O–H groups in total. The van der Waals surface area contributed by atoms with Crippen molar-refractivity contribution in [3.63, 3.8) is 0 Å². The maximum atomic E-state index is 13.1. The second-order valence-electron chi connectivity index (χ2n) is 2.15. The lowest BCUT2D eigenvalue weighted by atomic mass is 10.2. The van der Waals surface area contributed by atoms with Gasteiger partial charge in [-0.15, -0.1) is 0 Å². The molecule has 0 aliphatic rings. The van der Waals surface area contributed by atoms with Gasteiger partial charge in [0.1, 0.15) is 0 Å². The molecule has 0 amide bonds. The molecular weight excluding hydrogens is 159 g/mol. The number of halogens is 1. The van der Waals surface area contributed by atoms with E-state index in [1.165, 1.54) is 19.5 Å². The van der Waals surface area contributed by atoms with Gasteiger partial charge in [0.2, 0.25) is 0 Å². The van der Waals surface area contributed by atoms with Crippen molar-refractivity contribution >= 4 is 0 Å². The van der Waals surface area contributed by atoms with Crippen molar-refractivity contribution in [2.24, 2.45) is 0 Å². The highest BCUT2D eigenvalue weighted by molar-refractivity contribution is 5.28. The first kappa shape index (κ1) is 8.47. The monoisotopic (exact) mass is 166 g/mol. The van der Waals surface area contributed by atoms with Gasteiger partial charge in [0.25, 0.3) is 0 Å². The Morgan fingerprint density at radius 3 is 3.00 bits per heavy atom. The van der Waals surface area contributed by atoms with Gasteiger partial charge in [0.05, 0.1) is 25.8 Å². The zero-order valence-corrected chi connectivity index (χ0v) is 6.54. The fourth-order valence-electron chi connectivity index (χ4n) is 0.817. The number of aromatic nitrogens is 1. The highest BCUT2D eigenvalue weighted by Crippen LogP contribution is 2.17. The van der Waals surface area contributed by atoms with E-state index in [0.717, 1.165) is 0 Å². The van der Waals surface area contributed by atoms with Crippen LogP contribution < -0.4 is 4.74 Å². The van der Waals surface area contributed by atoms with Gasteiger partial charge in [0, 0.05) is 11.8 Å². The quantitative estimate of drug-likeness (QED) is 0.665. The lowest BCUT2D eigenvalue weighted by Crippen LogP contribution is -1.95. The summed E-state index contributed by atoms with van der Waals surface area (Å²) >= 11 is 0. The summed E-state index contributed by atoms with van der Waals surface area (Å²) in [5.41, 5.74) is 0.261. The maximum Gasteiger partial charge on any atom is 0.173 e. The van der Waals surface area contributed by atoms with Crippen LogP contribution in [0.2, 0.25) is 0 Å². The first-order valence-corrected chi connectivity index (χ1v) is 3.33. The molecule has 1 aromatic rings. The molecule has 0 radical (unpaired) electrons. The third kappa shape index (κ3) is 1.51. The molecule has 0 aliphatic carbocycles. The van der Waals surface area contributed by atoms with Gasteiger partial charge in [-0.25, -0.2) is 4.39 Å². The first-order chi connectivity index (χ1) is 5.79. The van der Waals surface area contributed by atoms with Gasteiger partial charge in [-0.3, -0.25) is 4.98 Å². The minimum Gasteiger partial charge on any atom is -0.492 e. The van der Waals surface area contributed by atoms with Gasteiger partial charge >= 0.3 is 0 Å². The first-order valence-electron chi connectivity index (χ1n) is 3.33. The third-order valence-corrected chi connectivity index (χ3v) is 1.41. The predicted octanol–water partition coefficient (Wildman–Crippen LogP) is 1.30. The van der Waals surface area contributed by atoms with E-state index in [4.69, 9.17) is 5.26 Å². The lowest BCUT2D eigenvalue weighted by molar-refractivity contribution is 0.382. The van der Waals surface area contributed by atoms with E-state index in [0.29, 0.717) is 0 Å². The van der Waals surface area contributed by atoms with Crippen molar-refractivity contribution in [2.45, 2.75) is 6.42 Å². The van der Waals surface area contributed by atoms with Gasteiger partial charge < -0.3 is 4.74 Å². The topological polar surface area (TPSA) is 45.9 Å². The third-order valence-electron chi connectivity index (χ3n) is 1.41. The molecule has 0 bridgehead atoms. The zero-order chi connectivity index (χ0) is 8.97. The standard InChI is InChI=1S/C8H7FN2O/c1-12-7-5-11-4-6(2-3-10)8(7)9/h4-5H,2H2,1H3. The molecule has 1 heterocycles. The Labute approximate surface area is 69.4 Å². The number of ether oxygens (including phenoxy) is 1. The van der Waals surface area contributed by atoms with Crippen LogP contribution in [0.1, 0.15) is 5.56 Å². The van der Waals surface area contributed by atoms with E-state index in [1.807, 2.05) is 6.07 Å². The van der Waals surface area contributed by atoms with Crippen molar-refractivity contribution < 1.29 is 9.13 Å². The average Bonchev–Trinajstić information content (AvgIpc) is 2.09. The molecule has 0 fully saturated rings. The van der Waals surface area contributed by atoms with Crippen molar-refractivity contribution in [3.05, 3.63) is 23.8 Å². The largest absolute Gasteiger partial charge is 0.492 e. The second-order valence-corrected chi connectivity index (χ2v) is 2.15. The van der Waals surface area contributed by atoms with E-state index >= 15 is 0 Å².